The molecule has 2 aromatic carbocycles. The summed E-state index contributed by atoms with van der Waals surface area (Å²) in [5.74, 6) is 1.60. The molecular weight excluding hydrogens is 274 g/mol. The molecule has 2 aromatic rings. The Labute approximate surface area is 132 Å². The third kappa shape index (κ3) is 2.69. The van der Waals surface area contributed by atoms with Crippen LogP contribution in [0.25, 0.3) is 0 Å². The lowest BCUT2D eigenvalue weighted by Gasteiger charge is -2.29. The van der Waals surface area contributed by atoms with Crippen molar-refractivity contribution < 1.29 is 9.47 Å². The average molecular weight is 297 g/mol. The molecule has 3 heteroatoms. The fourth-order valence-electron chi connectivity index (χ4n) is 3.36. The van der Waals surface area contributed by atoms with Crippen LogP contribution < -0.4 is 14.8 Å². The predicted octanol–water partition coefficient (Wildman–Crippen LogP) is 3.56. The van der Waals surface area contributed by atoms with Crippen LogP contribution in [-0.4, -0.2) is 20.8 Å². The zero-order valence-corrected chi connectivity index (χ0v) is 13.7. The van der Waals surface area contributed by atoms with Crippen LogP contribution >= 0.6 is 0 Å². The van der Waals surface area contributed by atoms with Crippen LogP contribution in [0.5, 0.6) is 11.5 Å². The van der Waals surface area contributed by atoms with E-state index in [4.69, 9.17) is 9.47 Å². The van der Waals surface area contributed by atoms with Crippen LogP contribution in [0, 0.1) is 13.8 Å². The number of rotatable bonds is 3. The van der Waals surface area contributed by atoms with Crippen molar-refractivity contribution in [2.24, 2.45) is 0 Å². The molecule has 0 spiro atoms. The predicted molar refractivity (Wildman–Crippen MR) is 89.0 cm³/mol. The van der Waals surface area contributed by atoms with Crippen molar-refractivity contribution in [3.63, 3.8) is 0 Å². The largest absolute Gasteiger partial charge is 0.493 e. The molecule has 1 aliphatic heterocycles. The van der Waals surface area contributed by atoms with E-state index in [0.717, 1.165) is 24.5 Å². The topological polar surface area (TPSA) is 30.5 Å². The minimum Gasteiger partial charge on any atom is -0.493 e. The van der Waals surface area contributed by atoms with Gasteiger partial charge in [0.2, 0.25) is 0 Å². The van der Waals surface area contributed by atoms with Gasteiger partial charge in [-0.05, 0) is 49.1 Å². The van der Waals surface area contributed by atoms with Gasteiger partial charge in [-0.1, -0.05) is 29.3 Å². The number of nitrogens with one attached hydrogen (secondary N) is 1. The molecule has 0 saturated carbocycles. The highest BCUT2D eigenvalue weighted by Gasteiger charge is 2.24. The second-order valence-electron chi connectivity index (χ2n) is 5.96. The third-order valence-electron chi connectivity index (χ3n) is 4.28. The number of benzene rings is 2. The summed E-state index contributed by atoms with van der Waals surface area (Å²) in [5, 5.41) is 3.64. The van der Waals surface area contributed by atoms with E-state index >= 15 is 0 Å². The molecule has 1 aliphatic rings. The third-order valence-corrected chi connectivity index (χ3v) is 4.28. The summed E-state index contributed by atoms with van der Waals surface area (Å²) >= 11 is 0. The first-order valence-corrected chi connectivity index (χ1v) is 7.68. The molecule has 1 N–H and O–H groups in total. The van der Waals surface area contributed by atoms with Crippen molar-refractivity contribution in [2.45, 2.75) is 26.3 Å². The van der Waals surface area contributed by atoms with Crippen LogP contribution in [0.15, 0.2) is 30.3 Å². The van der Waals surface area contributed by atoms with Gasteiger partial charge in [-0.2, -0.15) is 0 Å². The molecule has 0 saturated heterocycles. The number of hydrogen-bond acceptors (Lipinski definition) is 3. The number of hydrogen-bond donors (Lipinski definition) is 1. The first-order chi connectivity index (χ1) is 10.6. The van der Waals surface area contributed by atoms with Crippen molar-refractivity contribution in [2.75, 3.05) is 20.8 Å². The Balaban J connectivity index is 2.10. The second-order valence-corrected chi connectivity index (χ2v) is 5.96. The average Bonchev–Trinajstić information content (AvgIpc) is 2.51. The number of aryl methyl sites for hydroxylation is 2. The monoisotopic (exact) mass is 297 g/mol. The van der Waals surface area contributed by atoms with Crippen LogP contribution in [0.3, 0.4) is 0 Å². The Morgan fingerprint density at radius 3 is 2.18 bits per heavy atom. The lowest BCUT2D eigenvalue weighted by molar-refractivity contribution is 0.353. The van der Waals surface area contributed by atoms with Crippen molar-refractivity contribution in [1.82, 2.24) is 5.32 Å². The number of ether oxygens (including phenoxy) is 2. The molecular formula is C19H23NO2. The van der Waals surface area contributed by atoms with Gasteiger partial charge in [0.1, 0.15) is 0 Å². The fourth-order valence-corrected chi connectivity index (χ4v) is 3.36. The maximum Gasteiger partial charge on any atom is 0.161 e. The molecule has 1 unspecified atom stereocenters. The highest BCUT2D eigenvalue weighted by molar-refractivity contribution is 5.52. The Bertz CT molecular complexity index is 674. The standard InChI is InChI=1S/C19H23NO2/c1-12-7-13(2)9-15(8-12)19-16-11-18(22-4)17(21-3)10-14(16)5-6-20-19/h7-11,19-20H,5-6H2,1-4H3. The minimum absolute atomic E-state index is 0.210. The van der Waals surface area contributed by atoms with Gasteiger partial charge in [-0.15, -0.1) is 0 Å². The van der Waals surface area contributed by atoms with Gasteiger partial charge in [0.05, 0.1) is 20.3 Å². The second kappa shape index (κ2) is 6.01. The quantitative estimate of drug-likeness (QED) is 0.939. The lowest BCUT2D eigenvalue weighted by atomic mass is 9.88. The zero-order valence-electron chi connectivity index (χ0n) is 13.7. The van der Waals surface area contributed by atoms with Crippen LogP contribution in [0.1, 0.15) is 33.9 Å². The molecule has 3 rings (SSSR count). The zero-order chi connectivity index (χ0) is 15.7. The maximum atomic E-state index is 5.48. The van der Waals surface area contributed by atoms with E-state index in [1.165, 1.54) is 27.8 Å². The number of methoxy groups -OCH3 is 2. The van der Waals surface area contributed by atoms with E-state index in [1.807, 2.05) is 0 Å². The van der Waals surface area contributed by atoms with Gasteiger partial charge in [0.25, 0.3) is 0 Å². The van der Waals surface area contributed by atoms with Crippen LogP contribution in [-0.2, 0) is 6.42 Å². The van der Waals surface area contributed by atoms with Gasteiger partial charge in [-0.25, -0.2) is 0 Å². The highest BCUT2D eigenvalue weighted by Crippen LogP contribution is 2.37. The van der Waals surface area contributed by atoms with Gasteiger partial charge >= 0.3 is 0 Å². The SMILES string of the molecule is COc1cc2c(cc1OC)C(c1cc(C)cc(C)c1)NCC2. The van der Waals surface area contributed by atoms with Gasteiger partial charge in [0.15, 0.2) is 11.5 Å². The fraction of sp³-hybridized carbons (Fsp3) is 0.368. The van der Waals surface area contributed by atoms with Crippen molar-refractivity contribution in [1.29, 1.82) is 0 Å². The molecule has 1 heterocycles. The molecule has 0 amide bonds. The molecule has 0 aliphatic carbocycles. The summed E-state index contributed by atoms with van der Waals surface area (Å²) in [7, 11) is 3.37. The molecule has 0 bridgehead atoms. The van der Waals surface area contributed by atoms with E-state index in [9.17, 15) is 0 Å². The first kappa shape index (κ1) is 14.9. The van der Waals surface area contributed by atoms with E-state index in [-0.39, 0.29) is 6.04 Å². The Morgan fingerprint density at radius 1 is 0.909 bits per heavy atom. The van der Waals surface area contributed by atoms with Crippen molar-refractivity contribution >= 4 is 0 Å². The molecule has 0 fully saturated rings. The minimum atomic E-state index is 0.210. The summed E-state index contributed by atoms with van der Waals surface area (Å²) in [5.41, 5.74) is 6.52. The van der Waals surface area contributed by atoms with Crippen molar-refractivity contribution in [3.05, 3.63) is 58.1 Å². The van der Waals surface area contributed by atoms with Crippen LogP contribution in [0.2, 0.25) is 0 Å². The smallest absolute Gasteiger partial charge is 0.161 e. The Morgan fingerprint density at radius 2 is 1.55 bits per heavy atom. The van der Waals surface area contributed by atoms with Crippen LogP contribution in [0.4, 0.5) is 0 Å². The normalized spacial score (nSPS) is 17.0. The summed E-state index contributed by atoms with van der Waals surface area (Å²) < 4.78 is 10.9. The van der Waals surface area contributed by atoms with E-state index in [0.29, 0.717) is 0 Å². The summed E-state index contributed by atoms with van der Waals surface area (Å²) in [6, 6.07) is 11.2. The molecule has 116 valence electrons. The first-order valence-electron chi connectivity index (χ1n) is 7.68. The van der Waals surface area contributed by atoms with E-state index in [1.54, 1.807) is 14.2 Å². The Kier molecular flexibility index (Phi) is 4.08. The molecule has 0 radical (unpaired) electrons. The lowest BCUT2D eigenvalue weighted by Crippen LogP contribution is -2.30. The highest BCUT2D eigenvalue weighted by atomic mass is 16.5. The molecule has 1 atom stereocenters. The Hall–Kier alpha value is -2.00. The summed E-state index contributed by atoms with van der Waals surface area (Å²) in [4.78, 5) is 0. The van der Waals surface area contributed by atoms with Gasteiger partial charge in [-0.3, -0.25) is 0 Å². The van der Waals surface area contributed by atoms with E-state index < -0.39 is 0 Å². The summed E-state index contributed by atoms with van der Waals surface area (Å²) in [6.45, 7) is 5.27. The molecule has 3 nitrogen and oxygen atoms in total. The molecule has 22 heavy (non-hydrogen) atoms. The van der Waals surface area contributed by atoms with Gasteiger partial charge < -0.3 is 14.8 Å². The number of fused-ring (bicyclic) bond motifs is 1. The van der Waals surface area contributed by atoms with E-state index in [2.05, 4.69) is 49.5 Å². The van der Waals surface area contributed by atoms with Crippen molar-refractivity contribution in [3.8, 4) is 11.5 Å². The molecule has 0 aromatic heterocycles. The summed E-state index contributed by atoms with van der Waals surface area (Å²) in [6.07, 6.45) is 1.01. The maximum absolute atomic E-state index is 5.48. The van der Waals surface area contributed by atoms with Gasteiger partial charge in [0, 0.05) is 6.54 Å².